The van der Waals surface area contributed by atoms with Crippen LogP contribution in [0, 0.1) is 0 Å². The summed E-state index contributed by atoms with van der Waals surface area (Å²) in [6.45, 7) is 0. The highest BCUT2D eigenvalue weighted by Gasteiger charge is 2.24. The Balaban J connectivity index is 1.000. The van der Waals surface area contributed by atoms with Gasteiger partial charge >= 0.3 is 0 Å². The van der Waals surface area contributed by atoms with E-state index in [2.05, 4.69) is 95.6 Å². The van der Waals surface area contributed by atoms with Gasteiger partial charge in [-0.1, -0.05) is 91.0 Å². The van der Waals surface area contributed by atoms with Crippen molar-refractivity contribution in [2.24, 2.45) is 0 Å². The Morgan fingerprint density at radius 2 is 0.654 bits per heavy atom. The van der Waals surface area contributed by atoms with Gasteiger partial charge in [-0.25, -0.2) is 24.9 Å². The first-order chi connectivity index (χ1) is 40.1. The highest BCUT2D eigenvalue weighted by Crippen LogP contribution is 2.41. The summed E-state index contributed by atoms with van der Waals surface area (Å²) in [6.07, 6.45) is 11.1. The van der Waals surface area contributed by atoms with E-state index in [1.54, 1.807) is 0 Å². The number of rotatable bonds is 8. The first kappa shape index (κ1) is 45.8. The Morgan fingerprint density at radius 1 is 0.272 bits per heavy atom. The summed E-state index contributed by atoms with van der Waals surface area (Å²) in [5.74, 6) is 1.60. The molecule has 12 heteroatoms. The lowest BCUT2D eigenvalue weighted by atomic mass is 10.0. The maximum Gasteiger partial charge on any atom is 0.160 e. The highest BCUT2D eigenvalue weighted by molar-refractivity contribution is 6.21. The molecule has 0 unspecified atom stereocenters. The lowest BCUT2D eigenvalue weighted by molar-refractivity contribution is 1.10. The van der Waals surface area contributed by atoms with Crippen molar-refractivity contribution in [1.29, 1.82) is 0 Å². The summed E-state index contributed by atoms with van der Waals surface area (Å²) < 4.78 is 2.23. The summed E-state index contributed by atoms with van der Waals surface area (Å²) in [5, 5.41) is 5.78. The molecule has 81 heavy (non-hydrogen) atoms. The van der Waals surface area contributed by atoms with Crippen molar-refractivity contribution in [3.63, 3.8) is 0 Å². The van der Waals surface area contributed by atoms with E-state index in [0.717, 1.165) is 110 Å². The molecule has 0 bridgehead atoms. The number of pyridine rings is 6. The van der Waals surface area contributed by atoms with Gasteiger partial charge in [0.05, 0.1) is 66.9 Å². The van der Waals surface area contributed by atoms with Gasteiger partial charge in [0.15, 0.2) is 11.6 Å². The minimum atomic E-state index is 0.465. The molecule has 7 aromatic carbocycles. The van der Waals surface area contributed by atoms with Crippen molar-refractivity contribution < 1.29 is 0 Å². The molecule has 0 saturated heterocycles. The number of nitrogens with zero attached hydrogens (tertiary/aromatic N) is 12. The van der Waals surface area contributed by atoms with Crippen LogP contribution in [0.25, 0.3) is 161 Å². The third-order valence-corrected chi connectivity index (χ3v) is 14.9. The summed E-state index contributed by atoms with van der Waals surface area (Å²) in [6, 6.07) is 69.7. The van der Waals surface area contributed by atoms with Gasteiger partial charge in [-0.05, 0) is 115 Å². The van der Waals surface area contributed by atoms with Crippen LogP contribution >= 0.6 is 0 Å². The monoisotopic (exact) mass is 1040 g/mol. The molecular weight excluding hydrogens is 997 g/mol. The van der Waals surface area contributed by atoms with Crippen LogP contribution in [0.1, 0.15) is 0 Å². The highest BCUT2D eigenvalue weighted by atomic mass is 15.1. The molecule has 0 radical (unpaired) electrons. The van der Waals surface area contributed by atoms with Gasteiger partial charge in [0.25, 0.3) is 0 Å². The third kappa shape index (κ3) is 8.04. The molecule has 12 nitrogen and oxygen atoms in total. The molecular formula is C69H40N12. The van der Waals surface area contributed by atoms with E-state index in [-0.39, 0.29) is 0 Å². The van der Waals surface area contributed by atoms with E-state index in [0.29, 0.717) is 51.4 Å². The van der Waals surface area contributed by atoms with Gasteiger partial charge in [-0.15, -0.1) is 0 Å². The van der Waals surface area contributed by atoms with Gasteiger partial charge in [0.1, 0.15) is 5.82 Å². The van der Waals surface area contributed by atoms with Crippen LogP contribution in [0.3, 0.4) is 0 Å². The second-order valence-corrected chi connectivity index (χ2v) is 20.0. The van der Waals surface area contributed by atoms with E-state index >= 15 is 0 Å². The summed E-state index contributed by atoms with van der Waals surface area (Å²) in [5.41, 5.74) is 16.0. The summed E-state index contributed by atoms with van der Waals surface area (Å²) in [4.78, 5) is 56.9. The maximum absolute atomic E-state index is 5.66. The molecule has 0 spiro atoms. The number of imidazole rings is 1. The summed E-state index contributed by atoms with van der Waals surface area (Å²) >= 11 is 0. The molecule has 0 saturated carbocycles. The Hall–Kier alpha value is -11.4. The predicted molar refractivity (Wildman–Crippen MR) is 322 cm³/mol. The smallest absolute Gasteiger partial charge is 0.160 e. The van der Waals surface area contributed by atoms with E-state index in [1.165, 1.54) is 0 Å². The second-order valence-electron chi connectivity index (χ2n) is 20.0. The van der Waals surface area contributed by atoms with Crippen molar-refractivity contribution in [3.05, 3.63) is 243 Å². The molecule has 9 aromatic heterocycles. The van der Waals surface area contributed by atoms with Crippen LogP contribution in [-0.4, -0.2) is 59.4 Å². The molecule has 0 aliphatic heterocycles. The topological polar surface area (TPSA) is 147 Å². The predicted octanol–water partition coefficient (Wildman–Crippen LogP) is 15.6. The lowest BCUT2D eigenvalue weighted by Gasteiger charge is -2.15. The van der Waals surface area contributed by atoms with Crippen LogP contribution in [0.4, 0.5) is 0 Å². The number of hydrogen-bond acceptors (Lipinski definition) is 11. The molecule has 9 heterocycles. The first-order valence-electron chi connectivity index (χ1n) is 26.5. The zero-order chi connectivity index (χ0) is 53.4. The van der Waals surface area contributed by atoms with Crippen molar-refractivity contribution in [1.82, 2.24) is 59.4 Å². The number of fused-ring (bicyclic) bond motifs is 10. The maximum atomic E-state index is 5.66. The zero-order valence-electron chi connectivity index (χ0n) is 43.0. The van der Waals surface area contributed by atoms with Gasteiger partial charge < -0.3 is 0 Å². The van der Waals surface area contributed by atoms with Crippen molar-refractivity contribution in [2.45, 2.75) is 0 Å². The average Bonchev–Trinajstić information content (AvgIpc) is 4.21. The molecule has 0 N–H and O–H groups in total. The fourth-order valence-electron chi connectivity index (χ4n) is 11.1. The number of benzene rings is 7. The van der Waals surface area contributed by atoms with Crippen LogP contribution in [0.2, 0.25) is 0 Å². The Bertz CT molecular complexity index is 4800. The second kappa shape index (κ2) is 18.7. The minimum Gasteiger partial charge on any atom is -0.292 e. The molecule has 0 fully saturated rings. The van der Waals surface area contributed by atoms with Crippen LogP contribution in [-0.2, 0) is 0 Å². The third-order valence-electron chi connectivity index (χ3n) is 14.9. The fraction of sp³-hybridized carbons (Fsp3) is 0. The molecule has 0 amide bonds. The number of hydrogen-bond donors (Lipinski definition) is 0. The van der Waals surface area contributed by atoms with E-state index in [4.69, 9.17) is 54.8 Å². The number of aromatic nitrogens is 12. The quantitative estimate of drug-likeness (QED) is 0.134. The standard InChI is InChI=1S/C69H40N12/c1-2-18-52(19-3-1)81-66-54-21-13-27-71-64(54)63-53(20-12-26-70-63)65(66)80-69(81)47-33-45(67-76-59(48-28-41-14-4-8-22-55(41)72-37-48)35-60(77-67)49-29-42-15-5-9-23-56(42)73-38-49)32-46(34-47)68-78-61(50-30-43-16-6-10-24-57(43)74-39-50)36-62(79-68)51-31-44-17-7-11-25-58(44)75-40-51/h1-40H. The molecule has 376 valence electrons. The fourth-order valence-corrected chi connectivity index (χ4v) is 11.1. The Morgan fingerprint density at radius 3 is 1.10 bits per heavy atom. The normalized spacial score (nSPS) is 11.7. The van der Waals surface area contributed by atoms with E-state index in [1.807, 2.05) is 152 Å². The van der Waals surface area contributed by atoms with Crippen molar-refractivity contribution in [3.8, 4) is 84.9 Å². The Labute approximate surface area is 461 Å². The molecule has 0 aliphatic rings. The SMILES string of the molecule is c1ccc(-n2c(-c3cc(-c4nc(-c5cnc6ccccc6c5)cc(-c5cnc6ccccc6c5)n4)cc(-c4nc(-c5cnc6ccccc6c5)cc(-c5cnc6ccccc6c5)n4)c3)nc3c4cccnc4c4ncccc4c32)cc1. The molecule has 16 rings (SSSR count). The molecule has 0 atom stereocenters. The van der Waals surface area contributed by atoms with Gasteiger partial charge in [-0.3, -0.25) is 34.5 Å². The van der Waals surface area contributed by atoms with Gasteiger partial charge in [0.2, 0.25) is 0 Å². The summed E-state index contributed by atoms with van der Waals surface area (Å²) in [7, 11) is 0. The van der Waals surface area contributed by atoms with Crippen molar-refractivity contribution in [2.75, 3.05) is 0 Å². The Kier molecular flexibility index (Phi) is 10.6. The largest absolute Gasteiger partial charge is 0.292 e. The molecule has 0 aliphatic carbocycles. The first-order valence-corrected chi connectivity index (χ1v) is 26.5. The van der Waals surface area contributed by atoms with Gasteiger partial charge in [0, 0.05) is 114 Å². The van der Waals surface area contributed by atoms with E-state index in [9.17, 15) is 0 Å². The van der Waals surface area contributed by atoms with Gasteiger partial charge in [-0.2, -0.15) is 0 Å². The van der Waals surface area contributed by atoms with Crippen molar-refractivity contribution >= 4 is 76.5 Å². The average molecular weight is 1040 g/mol. The van der Waals surface area contributed by atoms with Crippen LogP contribution < -0.4 is 0 Å². The molecule has 16 aromatic rings. The zero-order valence-corrected chi connectivity index (χ0v) is 43.0. The lowest BCUT2D eigenvalue weighted by Crippen LogP contribution is -2.02. The van der Waals surface area contributed by atoms with Crippen LogP contribution in [0.5, 0.6) is 0 Å². The van der Waals surface area contributed by atoms with E-state index < -0.39 is 0 Å². The van der Waals surface area contributed by atoms with Crippen LogP contribution in [0.15, 0.2) is 243 Å². The number of para-hydroxylation sites is 5. The minimum absolute atomic E-state index is 0.465.